The van der Waals surface area contributed by atoms with Crippen molar-refractivity contribution in [1.82, 2.24) is 10.0 Å². The molecule has 0 radical (unpaired) electrons. The SMILES string of the molecule is CCOC1CC(NC(=O)CNS(=O)(=O)c2cccs2)(C(=O)O)C1(C)C. The van der Waals surface area contributed by atoms with Gasteiger partial charge >= 0.3 is 5.97 Å². The summed E-state index contributed by atoms with van der Waals surface area (Å²) in [7, 11) is -3.79. The number of sulfonamides is 1. The molecule has 25 heavy (non-hydrogen) atoms. The van der Waals surface area contributed by atoms with Gasteiger partial charge in [-0.15, -0.1) is 11.3 Å². The summed E-state index contributed by atoms with van der Waals surface area (Å²) >= 11 is 1.03. The van der Waals surface area contributed by atoms with Crippen LogP contribution in [0.2, 0.25) is 0 Å². The van der Waals surface area contributed by atoms with Crippen LogP contribution in [0.4, 0.5) is 0 Å². The Morgan fingerprint density at radius 1 is 1.44 bits per heavy atom. The number of hydrogen-bond acceptors (Lipinski definition) is 6. The van der Waals surface area contributed by atoms with E-state index in [1.54, 1.807) is 25.3 Å². The molecule has 0 spiro atoms. The minimum absolute atomic E-state index is 0.0913. The Morgan fingerprint density at radius 2 is 2.12 bits per heavy atom. The summed E-state index contributed by atoms with van der Waals surface area (Å²) in [4.78, 5) is 24.0. The molecule has 3 N–H and O–H groups in total. The molecule has 1 fully saturated rings. The third-order valence-corrected chi connectivity index (χ3v) is 7.46. The zero-order chi connectivity index (χ0) is 18.9. The number of thiophene rings is 1. The van der Waals surface area contributed by atoms with Gasteiger partial charge < -0.3 is 15.2 Å². The van der Waals surface area contributed by atoms with Gasteiger partial charge in [-0.1, -0.05) is 19.9 Å². The van der Waals surface area contributed by atoms with Crippen molar-refractivity contribution >= 4 is 33.2 Å². The first kappa shape index (κ1) is 19.8. The fourth-order valence-corrected chi connectivity index (χ4v) is 4.99. The van der Waals surface area contributed by atoms with Crippen LogP contribution in [-0.4, -0.2) is 50.2 Å². The predicted molar refractivity (Wildman–Crippen MR) is 91.8 cm³/mol. The second-order valence-electron chi connectivity index (χ2n) is 6.39. The summed E-state index contributed by atoms with van der Waals surface area (Å²) < 4.78 is 31.8. The molecule has 0 aliphatic heterocycles. The van der Waals surface area contributed by atoms with E-state index in [0.717, 1.165) is 11.3 Å². The normalized spacial score (nSPS) is 25.2. The topological polar surface area (TPSA) is 122 Å². The molecule has 0 aromatic carbocycles. The highest BCUT2D eigenvalue weighted by Crippen LogP contribution is 2.51. The van der Waals surface area contributed by atoms with E-state index in [4.69, 9.17) is 4.74 Å². The minimum atomic E-state index is -3.79. The molecule has 10 heteroatoms. The number of carboxylic acids is 1. The Bertz CT molecular complexity index is 744. The van der Waals surface area contributed by atoms with Crippen LogP contribution in [0.25, 0.3) is 0 Å². The lowest BCUT2D eigenvalue weighted by Gasteiger charge is -2.58. The van der Waals surface area contributed by atoms with E-state index in [9.17, 15) is 23.1 Å². The van der Waals surface area contributed by atoms with Crippen molar-refractivity contribution in [1.29, 1.82) is 0 Å². The fraction of sp³-hybridized carbons (Fsp3) is 0.600. The Kier molecular flexibility index (Phi) is 5.57. The van der Waals surface area contributed by atoms with Gasteiger partial charge in [0.05, 0.1) is 12.6 Å². The molecule has 1 aromatic heterocycles. The summed E-state index contributed by atoms with van der Waals surface area (Å²) in [5, 5.41) is 13.7. The van der Waals surface area contributed by atoms with Gasteiger partial charge in [-0.2, -0.15) is 0 Å². The van der Waals surface area contributed by atoms with Crippen molar-refractivity contribution in [3.05, 3.63) is 17.5 Å². The zero-order valence-electron chi connectivity index (χ0n) is 14.2. The first-order valence-electron chi connectivity index (χ1n) is 7.76. The highest BCUT2D eigenvalue weighted by Gasteiger charge is 2.66. The van der Waals surface area contributed by atoms with Crippen molar-refractivity contribution in [2.24, 2.45) is 5.41 Å². The number of amides is 1. The Balaban J connectivity index is 2.04. The second-order valence-corrected chi connectivity index (χ2v) is 9.33. The second kappa shape index (κ2) is 7.02. The number of rotatable bonds is 8. The maximum absolute atomic E-state index is 12.2. The van der Waals surface area contributed by atoms with E-state index < -0.39 is 39.4 Å². The molecule has 1 aliphatic carbocycles. The third-order valence-electron chi connectivity index (χ3n) is 4.66. The lowest BCUT2D eigenvalue weighted by molar-refractivity contribution is -0.194. The molecule has 1 heterocycles. The maximum atomic E-state index is 12.2. The molecule has 2 unspecified atom stereocenters. The summed E-state index contributed by atoms with van der Waals surface area (Å²) in [6.45, 7) is 5.14. The molecule has 140 valence electrons. The minimum Gasteiger partial charge on any atom is -0.479 e. The number of carbonyl (C=O) groups is 2. The number of aliphatic carboxylic acids is 1. The van der Waals surface area contributed by atoms with Gasteiger partial charge in [0.25, 0.3) is 10.0 Å². The quantitative estimate of drug-likeness (QED) is 0.604. The molecule has 0 bridgehead atoms. The zero-order valence-corrected chi connectivity index (χ0v) is 15.9. The van der Waals surface area contributed by atoms with Crippen LogP contribution in [0.15, 0.2) is 21.7 Å². The first-order chi connectivity index (χ1) is 11.6. The number of ether oxygens (including phenoxy) is 1. The van der Waals surface area contributed by atoms with Gasteiger partial charge in [-0.25, -0.2) is 17.9 Å². The highest BCUT2D eigenvalue weighted by molar-refractivity contribution is 7.91. The fourth-order valence-electron chi connectivity index (χ4n) is 2.97. The molecule has 1 amide bonds. The average Bonchev–Trinajstić information content (AvgIpc) is 3.06. The van der Waals surface area contributed by atoms with Crippen LogP contribution in [0.1, 0.15) is 27.2 Å². The average molecular weight is 390 g/mol. The molecule has 1 aliphatic rings. The number of carbonyl (C=O) groups excluding carboxylic acids is 1. The highest BCUT2D eigenvalue weighted by atomic mass is 32.2. The Morgan fingerprint density at radius 3 is 2.60 bits per heavy atom. The van der Waals surface area contributed by atoms with Gasteiger partial charge in [0.2, 0.25) is 5.91 Å². The van der Waals surface area contributed by atoms with Crippen molar-refractivity contribution < 1.29 is 27.9 Å². The molecule has 1 saturated carbocycles. The van der Waals surface area contributed by atoms with E-state index in [0.29, 0.717) is 6.61 Å². The van der Waals surface area contributed by atoms with E-state index in [2.05, 4.69) is 10.0 Å². The van der Waals surface area contributed by atoms with E-state index in [1.807, 2.05) is 6.92 Å². The summed E-state index contributed by atoms with van der Waals surface area (Å²) in [6, 6.07) is 3.01. The van der Waals surface area contributed by atoms with Crippen LogP contribution >= 0.6 is 11.3 Å². The lowest BCUT2D eigenvalue weighted by atomic mass is 9.54. The Labute approximate surface area is 150 Å². The van der Waals surface area contributed by atoms with Gasteiger partial charge in [0.15, 0.2) is 0 Å². The monoisotopic (exact) mass is 390 g/mol. The summed E-state index contributed by atoms with van der Waals surface area (Å²) in [6.07, 6.45) is -0.163. The van der Waals surface area contributed by atoms with Crippen LogP contribution in [0.5, 0.6) is 0 Å². The summed E-state index contributed by atoms with van der Waals surface area (Å²) in [5.41, 5.74) is -2.31. The summed E-state index contributed by atoms with van der Waals surface area (Å²) in [5.74, 6) is -1.87. The maximum Gasteiger partial charge on any atom is 0.330 e. The molecule has 8 nitrogen and oxygen atoms in total. The van der Waals surface area contributed by atoms with Crippen LogP contribution < -0.4 is 10.0 Å². The van der Waals surface area contributed by atoms with E-state index in [1.165, 1.54) is 6.07 Å². The van der Waals surface area contributed by atoms with Crippen LogP contribution in [-0.2, 0) is 24.3 Å². The lowest BCUT2D eigenvalue weighted by Crippen LogP contribution is -2.76. The van der Waals surface area contributed by atoms with E-state index in [-0.39, 0.29) is 16.7 Å². The van der Waals surface area contributed by atoms with Gasteiger partial charge in [0, 0.05) is 18.4 Å². The number of hydrogen-bond donors (Lipinski definition) is 3. The van der Waals surface area contributed by atoms with E-state index >= 15 is 0 Å². The van der Waals surface area contributed by atoms with Crippen LogP contribution in [0.3, 0.4) is 0 Å². The molecular weight excluding hydrogens is 368 g/mol. The van der Waals surface area contributed by atoms with Gasteiger partial charge in [-0.05, 0) is 18.4 Å². The van der Waals surface area contributed by atoms with Gasteiger partial charge in [0.1, 0.15) is 9.75 Å². The number of nitrogens with one attached hydrogen (secondary N) is 2. The van der Waals surface area contributed by atoms with Crippen molar-refractivity contribution in [2.45, 2.75) is 43.0 Å². The van der Waals surface area contributed by atoms with Gasteiger partial charge in [-0.3, -0.25) is 4.79 Å². The molecule has 1 aromatic rings. The van der Waals surface area contributed by atoms with Crippen molar-refractivity contribution in [3.8, 4) is 0 Å². The largest absolute Gasteiger partial charge is 0.479 e. The molecule has 2 rings (SSSR count). The Hall–Kier alpha value is -1.49. The molecular formula is C15H22N2O6S2. The predicted octanol–water partition coefficient (Wildman–Crippen LogP) is 0.801. The molecule has 2 atom stereocenters. The standard InChI is InChI=1S/C15H22N2O6S2/c1-4-23-10-8-15(13(19)20,14(10,2)3)17-11(18)9-16-25(21,22)12-6-5-7-24-12/h5-7,10,16H,4,8-9H2,1-3H3,(H,17,18)(H,19,20). The smallest absolute Gasteiger partial charge is 0.330 e. The van der Waals surface area contributed by atoms with Crippen LogP contribution in [0, 0.1) is 5.41 Å². The molecule has 0 saturated heterocycles. The number of carboxylic acid groups (broad SMARTS) is 1. The van der Waals surface area contributed by atoms with Crippen molar-refractivity contribution in [3.63, 3.8) is 0 Å². The van der Waals surface area contributed by atoms with Crippen molar-refractivity contribution in [2.75, 3.05) is 13.2 Å². The third kappa shape index (κ3) is 3.57. The first-order valence-corrected chi connectivity index (χ1v) is 10.1.